The Morgan fingerprint density at radius 1 is 1.00 bits per heavy atom. The van der Waals surface area contributed by atoms with E-state index in [0.717, 1.165) is 0 Å². The second-order valence-corrected chi connectivity index (χ2v) is 4.56. The Bertz CT molecular complexity index is 114. The van der Waals surface area contributed by atoms with Crippen LogP contribution in [0.15, 0.2) is 0 Å². The molecule has 0 amide bonds. The van der Waals surface area contributed by atoms with Crippen molar-refractivity contribution in [1.29, 1.82) is 0 Å². The van der Waals surface area contributed by atoms with Crippen molar-refractivity contribution in [2.75, 3.05) is 26.7 Å². The summed E-state index contributed by atoms with van der Waals surface area (Å²) in [4.78, 5) is 0. The SMILES string of the molecule is CCCCC[N+]1(C)CCCCC1. The van der Waals surface area contributed by atoms with E-state index in [1.165, 1.54) is 62.6 Å². The first-order valence-electron chi connectivity index (χ1n) is 5.60. The minimum Gasteiger partial charge on any atom is -0.326 e. The smallest absolute Gasteiger partial charge is 0.0784 e. The van der Waals surface area contributed by atoms with Gasteiger partial charge in [-0.1, -0.05) is 13.3 Å². The predicted octanol–water partition coefficient (Wildman–Crippen LogP) is 2.81. The van der Waals surface area contributed by atoms with E-state index in [9.17, 15) is 0 Å². The maximum Gasteiger partial charge on any atom is 0.0784 e. The Morgan fingerprint density at radius 2 is 1.67 bits per heavy atom. The van der Waals surface area contributed by atoms with E-state index in [0.29, 0.717) is 0 Å². The molecule has 1 heteroatoms. The predicted molar refractivity (Wildman–Crippen MR) is 54.2 cm³/mol. The molecule has 0 aliphatic carbocycles. The molecule has 1 saturated heterocycles. The third kappa shape index (κ3) is 3.14. The molecule has 0 saturated carbocycles. The van der Waals surface area contributed by atoms with Gasteiger partial charge >= 0.3 is 0 Å². The molecule has 0 aromatic heterocycles. The number of likely N-dealkylation sites (tertiary alicyclic amines) is 1. The van der Waals surface area contributed by atoms with E-state index in [4.69, 9.17) is 0 Å². The molecule has 0 aromatic carbocycles. The molecule has 0 aromatic rings. The highest BCUT2D eigenvalue weighted by molar-refractivity contribution is 4.51. The fraction of sp³-hybridized carbons (Fsp3) is 1.00. The number of unbranched alkanes of at least 4 members (excludes halogenated alkanes) is 2. The van der Waals surface area contributed by atoms with Crippen LogP contribution in [0.25, 0.3) is 0 Å². The lowest BCUT2D eigenvalue weighted by Crippen LogP contribution is -2.48. The minimum atomic E-state index is 1.36. The molecule has 1 rings (SSSR count). The topological polar surface area (TPSA) is 0 Å². The summed E-state index contributed by atoms with van der Waals surface area (Å²) < 4.78 is 1.36. The number of piperidine rings is 1. The molecular formula is C11H24N+. The maximum absolute atomic E-state index is 2.44. The van der Waals surface area contributed by atoms with Gasteiger partial charge in [-0.15, -0.1) is 0 Å². The first kappa shape index (κ1) is 10.0. The molecule has 0 unspecified atom stereocenters. The Labute approximate surface area is 77.4 Å². The lowest BCUT2D eigenvalue weighted by atomic mass is 10.1. The molecule has 1 nitrogen and oxygen atoms in total. The van der Waals surface area contributed by atoms with Gasteiger partial charge in [0.2, 0.25) is 0 Å². The van der Waals surface area contributed by atoms with E-state index in [1.54, 1.807) is 0 Å². The number of nitrogens with zero attached hydrogens (tertiary/aromatic N) is 1. The third-order valence-corrected chi connectivity index (χ3v) is 3.20. The molecule has 1 aliphatic heterocycles. The molecular weight excluding hydrogens is 146 g/mol. The summed E-state index contributed by atoms with van der Waals surface area (Å²) in [5.41, 5.74) is 0. The summed E-state index contributed by atoms with van der Waals surface area (Å²) in [6, 6.07) is 0. The minimum absolute atomic E-state index is 1.36. The zero-order chi connectivity index (χ0) is 8.86. The molecule has 0 N–H and O–H groups in total. The largest absolute Gasteiger partial charge is 0.326 e. The van der Waals surface area contributed by atoms with Crippen LogP contribution in [0.2, 0.25) is 0 Å². The highest BCUT2D eigenvalue weighted by Gasteiger charge is 2.23. The lowest BCUT2D eigenvalue weighted by molar-refractivity contribution is -0.914. The van der Waals surface area contributed by atoms with Crippen LogP contribution < -0.4 is 0 Å². The molecule has 0 bridgehead atoms. The lowest BCUT2D eigenvalue weighted by Gasteiger charge is -2.37. The second kappa shape index (κ2) is 4.86. The van der Waals surface area contributed by atoms with Gasteiger partial charge in [-0.3, -0.25) is 0 Å². The van der Waals surface area contributed by atoms with Crippen LogP contribution in [0, 0.1) is 0 Å². The van der Waals surface area contributed by atoms with Gasteiger partial charge in [-0.05, 0) is 32.1 Å². The molecule has 72 valence electrons. The summed E-state index contributed by atoms with van der Waals surface area (Å²) in [5, 5.41) is 0. The summed E-state index contributed by atoms with van der Waals surface area (Å²) in [5.74, 6) is 0. The standard InChI is InChI=1S/C11H24N/c1-3-4-6-9-12(2)10-7-5-8-11-12/h3-11H2,1-2H3/q+1. The van der Waals surface area contributed by atoms with Gasteiger partial charge in [0.05, 0.1) is 26.7 Å². The van der Waals surface area contributed by atoms with Crippen LogP contribution in [0.4, 0.5) is 0 Å². The van der Waals surface area contributed by atoms with Crippen LogP contribution in [0.1, 0.15) is 45.4 Å². The highest BCUT2D eigenvalue weighted by Crippen LogP contribution is 2.17. The van der Waals surface area contributed by atoms with Crippen molar-refractivity contribution in [2.45, 2.75) is 45.4 Å². The van der Waals surface area contributed by atoms with Crippen molar-refractivity contribution in [1.82, 2.24) is 0 Å². The monoisotopic (exact) mass is 170 g/mol. The van der Waals surface area contributed by atoms with Crippen LogP contribution in [-0.2, 0) is 0 Å². The van der Waals surface area contributed by atoms with Gasteiger partial charge < -0.3 is 4.48 Å². The maximum atomic E-state index is 2.44. The van der Waals surface area contributed by atoms with Crippen molar-refractivity contribution in [2.24, 2.45) is 0 Å². The highest BCUT2D eigenvalue weighted by atomic mass is 15.3. The zero-order valence-corrected chi connectivity index (χ0v) is 8.81. The van der Waals surface area contributed by atoms with Crippen LogP contribution in [0.5, 0.6) is 0 Å². The van der Waals surface area contributed by atoms with Gasteiger partial charge in [-0.25, -0.2) is 0 Å². The number of rotatable bonds is 4. The van der Waals surface area contributed by atoms with Crippen molar-refractivity contribution in [3.8, 4) is 0 Å². The quantitative estimate of drug-likeness (QED) is 0.449. The number of hydrogen-bond acceptors (Lipinski definition) is 0. The Balaban J connectivity index is 2.17. The van der Waals surface area contributed by atoms with E-state index in [2.05, 4.69) is 14.0 Å². The summed E-state index contributed by atoms with van der Waals surface area (Å²) >= 11 is 0. The van der Waals surface area contributed by atoms with Gasteiger partial charge in [0, 0.05) is 0 Å². The fourth-order valence-corrected chi connectivity index (χ4v) is 2.24. The van der Waals surface area contributed by atoms with Crippen LogP contribution in [0.3, 0.4) is 0 Å². The van der Waals surface area contributed by atoms with Gasteiger partial charge in [0.25, 0.3) is 0 Å². The summed E-state index contributed by atoms with van der Waals surface area (Å²) in [6.45, 7) is 6.58. The Kier molecular flexibility index (Phi) is 4.07. The summed E-state index contributed by atoms with van der Waals surface area (Å²) in [7, 11) is 2.44. The van der Waals surface area contributed by atoms with Crippen molar-refractivity contribution in [3.05, 3.63) is 0 Å². The third-order valence-electron chi connectivity index (χ3n) is 3.20. The Morgan fingerprint density at radius 3 is 2.25 bits per heavy atom. The van der Waals surface area contributed by atoms with E-state index in [1.807, 2.05) is 0 Å². The van der Waals surface area contributed by atoms with Crippen molar-refractivity contribution < 1.29 is 4.48 Å². The number of hydrogen-bond donors (Lipinski definition) is 0. The molecule has 1 heterocycles. The molecule has 12 heavy (non-hydrogen) atoms. The molecule has 1 aliphatic rings. The molecule has 0 spiro atoms. The second-order valence-electron chi connectivity index (χ2n) is 4.56. The molecule has 0 atom stereocenters. The average molecular weight is 170 g/mol. The van der Waals surface area contributed by atoms with E-state index >= 15 is 0 Å². The van der Waals surface area contributed by atoms with E-state index < -0.39 is 0 Å². The van der Waals surface area contributed by atoms with Crippen LogP contribution >= 0.6 is 0 Å². The van der Waals surface area contributed by atoms with Crippen molar-refractivity contribution in [3.63, 3.8) is 0 Å². The van der Waals surface area contributed by atoms with Crippen LogP contribution in [-0.4, -0.2) is 31.2 Å². The summed E-state index contributed by atoms with van der Waals surface area (Å²) in [6.07, 6.45) is 8.62. The van der Waals surface area contributed by atoms with E-state index in [-0.39, 0.29) is 0 Å². The van der Waals surface area contributed by atoms with Gasteiger partial charge in [0.15, 0.2) is 0 Å². The number of quaternary nitrogens is 1. The average Bonchev–Trinajstić information content (AvgIpc) is 2.06. The fourth-order valence-electron chi connectivity index (χ4n) is 2.24. The zero-order valence-electron chi connectivity index (χ0n) is 8.81. The first-order valence-corrected chi connectivity index (χ1v) is 5.60. The first-order chi connectivity index (χ1) is 5.77. The normalized spacial score (nSPS) is 22.5. The molecule has 1 fully saturated rings. The van der Waals surface area contributed by atoms with Gasteiger partial charge in [-0.2, -0.15) is 0 Å². The Hall–Kier alpha value is -0.0400. The molecule has 0 radical (unpaired) electrons. The van der Waals surface area contributed by atoms with Gasteiger partial charge in [0.1, 0.15) is 0 Å². The van der Waals surface area contributed by atoms with Crippen molar-refractivity contribution >= 4 is 0 Å².